The van der Waals surface area contributed by atoms with Gasteiger partial charge in [-0.15, -0.1) is 0 Å². The minimum atomic E-state index is -1.45. The van der Waals surface area contributed by atoms with E-state index < -0.39 is 47.0 Å². The minimum absolute atomic E-state index is 0.0213. The van der Waals surface area contributed by atoms with Crippen LogP contribution >= 0.6 is 46.4 Å². The Morgan fingerprint density at radius 3 is 2.05 bits per heavy atom. The maximum atomic E-state index is 13.2. The summed E-state index contributed by atoms with van der Waals surface area (Å²) < 4.78 is 10.0. The van der Waals surface area contributed by atoms with E-state index in [2.05, 4.69) is 5.32 Å². The number of ether oxygens (including phenoxy) is 2. The number of carbonyl (C=O) groups is 4. The van der Waals surface area contributed by atoms with Gasteiger partial charge in [0.15, 0.2) is 6.61 Å². The second kappa shape index (κ2) is 11.7. The third-order valence-electron chi connectivity index (χ3n) is 5.43. The Morgan fingerprint density at radius 2 is 1.58 bits per heavy atom. The Morgan fingerprint density at radius 1 is 1.03 bits per heavy atom. The van der Waals surface area contributed by atoms with Crippen LogP contribution in [0, 0.1) is 16.0 Å². The number of esters is 1. The van der Waals surface area contributed by atoms with E-state index >= 15 is 0 Å². The fourth-order valence-electron chi connectivity index (χ4n) is 3.72. The number of carbonyl (C=O) groups excluding carboxylic acids is 4. The number of halogens is 4. The molecular weight excluding hydrogens is 588 g/mol. The van der Waals surface area contributed by atoms with Crippen molar-refractivity contribution in [3.8, 4) is 5.75 Å². The van der Waals surface area contributed by atoms with Gasteiger partial charge in [0.25, 0.3) is 23.4 Å². The normalized spacial score (nSPS) is 13.4. The molecule has 1 aliphatic rings. The number of benzene rings is 2. The zero-order valence-corrected chi connectivity index (χ0v) is 23.0. The van der Waals surface area contributed by atoms with Crippen molar-refractivity contribution < 1.29 is 33.6 Å². The maximum absolute atomic E-state index is 13.2. The van der Waals surface area contributed by atoms with Crippen LogP contribution in [0.4, 0.5) is 11.4 Å². The van der Waals surface area contributed by atoms with Crippen molar-refractivity contribution in [2.45, 2.75) is 26.3 Å². The fourth-order valence-corrected chi connectivity index (χ4v) is 4.73. The van der Waals surface area contributed by atoms with Gasteiger partial charge in [-0.2, -0.15) is 0 Å². The number of nitro benzene ring substituents is 1. The lowest BCUT2D eigenvalue weighted by Crippen LogP contribution is -2.47. The molecule has 3 rings (SSSR count). The monoisotopic (exact) mass is 605 g/mol. The first-order valence-electron chi connectivity index (χ1n) is 10.8. The van der Waals surface area contributed by atoms with Gasteiger partial charge in [0.05, 0.1) is 49.3 Å². The summed E-state index contributed by atoms with van der Waals surface area (Å²) in [5.41, 5.74) is -1.21. The van der Waals surface area contributed by atoms with Crippen molar-refractivity contribution in [1.82, 2.24) is 4.90 Å². The second-order valence-electron chi connectivity index (χ2n) is 8.43. The van der Waals surface area contributed by atoms with Crippen LogP contribution in [-0.2, 0) is 14.3 Å². The molecule has 3 amide bonds. The van der Waals surface area contributed by atoms with Gasteiger partial charge < -0.3 is 14.8 Å². The molecule has 0 aromatic heterocycles. The summed E-state index contributed by atoms with van der Waals surface area (Å²) in [5.74, 6) is -3.85. The number of hydrogen-bond donors (Lipinski definition) is 1. The number of amides is 3. The summed E-state index contributed by atoms with van der Waals surface area (Å²) in [6.07, 6.45) is -0.0213. The number of nitro groups is 1. The van der Waals surface area contributed by atoms with Gasteiger partial charge in [-0.3, -0.25) is 29.4 Å². The fraction of sp³-hybridized carbons (Fsp3) is 0.304. The molecule has 1 aliphatic heterocycles. The van der Waals surface area contributed by atoms with Crippen LogP contribution in [0.15, 0.2) is 18.2 Å². The van der Waals surface area contributed by atoms with Gasteiger partial charge in [-0.05, 0) is 24.5 Å². The first-order chi connectivity index (χ1) is 17.8. The van der Waals surface area contributed by atoms with Gasteiger partial charge in [0.2, 0.25) is 0 Å². The molecule has 2 aromatic carbocycles. The summed E-state index contributed by atoms with van der Waals surface area (Å²) in [5, 5.41) is 12.6. The Kier molecular flexibility index (Phi) is 9.09. The van der Waals surface area contributed by atoms with Crippen molar-refractivity contribution in [3.05, 3.63) is 59.5 Å². The van der Waals surface area contributed by atoms with Gasteiger partial charge in [-0.25, -0.2) is 4.79 Å². The van der Waals surface area contributed by atoms with E-state index in [1.54, 1.807) is 13.8 Å². The molecule has 1 atom stereocenters. The molecule has 0 saturated heterocycles. The highest BCUT2D eigenvalue weighted by molar-refractivity contribution is 6.55. The van der Waals surface area contributed by atoms with Gasteiger partial charge in [-0.1, -0.05) is 60.3 Å². The second-order valence-corrected chi connectivity index (χ2v) is 9.94. The quantitative estimate of drug-likeness (QED) is 0.0995. The molecule has 0 radical (unpaired) electrons. The molecule has 0 bridgehead atoms. The molecule has 0 aliphatic carbocycles. The van der Waals surface area contributed by atoms with E-state index in [1.807, 2.05) is 0 Å². The standard InChI is InChI=1S/C23H19Cl4N3O8/c1-9(2)6-13(29-21(32)15-16(22(29)33)18(25)20(27)19(26)17(15)24)23(34)38-8-14(31)28-11-5-4-10(37-3)7-12(11)30(35)36/h4-5,7,9,13H,6,8H2,1-3H3,(H,28,31)/t13-/m1/s1. The lowest BCUT2D eigenvalue weighted by atomic mass is 10.0. The summed E-state index contributed by atoms with van der Waals surface area (Å²) in [6, 6.07) is 2.30. The van der Waals surface area contributed by atoms with Crippen molar-refractivity contribution in [2.75, 3.05) is 19.0 Å². The average molecular weight is 607 g/mol. The number of anilines is 1. The van der Waals surface area contributed by atoms with Crippen LogP contribution in [0.1, 0.15) is 41.0 Å². The molecule has 11 nitrogen and oxygen atoms in total. The SMILES string of the molecule is COc1ccc(NC(=O)COC(=O)[C@@H](CC(C)C)N2C(=O)c3c(Cl)c(Cl)c(Cl)c(Cl)c3C2=O)c([N+](=O)[O-])c1. The Hall–Kier alpha value is -3.12. The number of nitrogens with one attached hydrogen (secondary N) is 1. The van der Waals surface area contributed by atoms with E-state index in [0.29, 0.717) is 4.90 Å². The van der Waals surface area contributed by atoms with E-state index in [1.165, 1.54) is 19.2 Å². The zero-order valence-electron chi connectivity index (χ0n) is 20.0. The summed E-state index contributed by atoms with van der Waals surface area (Å²) in [4.78, 5) is 63.1. The number of nitrogens with zero attached hydrogens (tertiary/aromatic N) is 2. The number of fused-ring (bicyclic) bond motifs is 1. The predicted octanol–water partition coefficient (Wildman–Crippen LogP) is 5.41. The molecule has 0 spiro atoms. The maximum Gasteiger partial charge on any atom is 0.329 e. The van der Waals surface area contributed by atoms with Crippen LogP contribution in [0.25, 0.3) is 0 Å². The van der Waals surface area contributed by atoms with Gasteiger partial charge in [0, 0.05) is 0 Å². The van der Waals surface area contributed by atoms with E-state index in [4.69, 9.17) is 55.9 Å². The summed E-state index contributed by atoms with van der Waals surface area (Å²) in [7, 11) is 1.32. The third-order valence-corrected chi connectivity index (χ3v) is 7.23. The summed E-state index contributed by atoms with van der Waals surface area (Å²) in [6.45, 7) is 2.61. The van der Waals surface area contributed by atoms with Crippen LogP contribution in [0.5, 0.6) is 5.75 Å². The van der Waals surface area contributed by atoms with Gasteiger partial charge >= 0.3 is 5.97 Å². The molecule has 0 unspecified atom stereocenters. The molecule has 202 valence electrons. The molecule has 38 heavy (non-hydrogen) atoms. The summed E-state index contributed by atoms with van der Waals surface area (Å²) >= 11 is 24.4. The van der Waals surface area contributed by atoms with E-state index in [0.717, 1.165) is 6.07 Å². The zero-order chi connectivity index (χ0) is 28.5. The number of hydrogen-bond acceptors (Lipinski definition) is 8. The third kappa shape index (κ3) is 5.65. The highest BCUT2D eigenvalue weighted by atomic mass is 35.5. The topological polar surface area (TPSA) is 145 Å². The number of rotatable bonds is 9. The average Bonchev–Trinajstić information content (AvgIpc) is 3.12. The Labute approximate surface area is 236 Å². The molecule has 1 heterocycles. The van der Waals surface area contributed by atoms with Crippen molar-refractivity contribution >= 4 is 81.5 Å². The Balaban J connectivity index is 1.82. The Bertz CT molecular complexity index is 1320. The first-order valence-corrected chi connectivity index (χ1v) is 12.3. The van der Waals surface area contributed by atoms with E-state index in [9.17, 15) is 29.3 Å². The van der Waals surface area contributed by atoms with Crippen LogP contribution < -0.4 is 10.1 Å². The molecular formula is C23H19Cl4N3O8. The van der Waals surface area contributed by atoms with Gasteiger partial charge in [0.1, 0.15) is 17.5 Å². The van der Waals surface area contributed by atoms with Crippen molar-refractivity contribution in [1.29, 1.82) is 0 Å². The molecule has 15 heteroatoms. The smallest absolute Gasteiger partial charge is 0.329 e. The molecule has 0 fully saturated rings. The van der Waals surface area contributed by atoms with Crippen molar-refractivity contribution in [2.24, 2.45) is 5.92 Å². The molecule has 2 aromatic rings. The van der Waals surface area contributed by atoms with Crippen LogP contribution in [0.3, 0.4) is 0 Å². The van der Waals surface area contributed by atoms with Crippen LogP contribution in [-0.4, -0.2) is 53.3 Å². The first kappa shape index (κ1) is 29.4. The minimum Gasteiger partial charge on any atom is -0.496 e. The molecule has 0 saturated carbocycles. The largest absolute Gasteiger partial charge is 0.496 e. The van der Waals surface area contributed by atoms with Crippen molar-refractivity contribution in [3.63, 3.8) is 0 Å². The lowest BCUT2D eigenvalue weighted by molar-refractivity contribution is -0.384. The number of methoxy groups -OCH3 is 1. The number of imide groups is 1. The lowest BCUT2D eigenvalue weighted by Gasteiger charge is -2.25. The highest BCUT2D eigenvalue weighted by Gasteiger charge is 2.47. The highest BCUT2D eigenvalue weighted by Crippen LogP contribution is 2.45. The van der Waals surface area contributed by atoms with E-state index in [-0.39, 0.29) is 55.0 Å². The molecule has 1 N–H and O–H groups in total. The van der Waals surface area contributed by atoms with Crippen LogP contribution in [0.2, 0.25) is 20.1 Å². The predicted molar refractivity (Wildman–Crippen MR) is 139 cm³/mol.